The van der Waals surface area contributed by atoms with Crippen LogP contribution in [0.5, 0.6) is 0 Å². The van der Waals surface area contributed by atoms with Crippen LogP contribution in [0.25, 0.3) is 0 Å². The summed E-state index contributed by atoms with van der Waals surface area (Å²) in [6.45, 7) is 4.50. The average molecular weight is 365 g/mol. The van der Waals surface area contributed by atoms with E-state index in [0.29, 0.717) is 6.61 Å². The Morgan fingerprint density at radius 3 is 2.13 bits per heavy atom. The number of unbranched alkanes of at least 4 members (excludes halogenated alkanes) is 4. The molecule has 0 saturated carbocycles. The molecule has 0 aromatic heterocycles. The minimum atomic E-state index is -3.51. The van der Waals surface area contributed by atoms with Gasteiger partial charge in [-0.1, -0.05) is 39.5 Å². The molecule has 0 aromatic carbocycles. The van der Waals surface area contributed by atoms with Crippen LogP contribution in [-0.4, -0.2) is 12.8 Å². The van der Waals surface area contributed by atoms with Gasteiger partial charge in [-0.3, -0.25) is 0 Å². The van der Waals surface area contributed by atoms with Crippen LogP contribution in [0.2, 0.25) is 0 Å². The fourth-order valence-electron chi connectivity index (χ4n) is 1.18. The van der Waals surface area contributed by atoms with Gasteiger partial charge in [-0.15, -0.1) is 0 Å². The smallest absolute Gasteiger partial charge is 0.778 e. The Kier molecular flexibility index (Phi) is 15.0. The van der Waals surface area contributed by atoms with Crippen molar-refractivity contribution >= 4 is 7.60 Å². The number of hydrogen-bond donors (Lipinski definition) is 0. The van der Waals surface area contributed by atoms with Crippen molar-refractivity contribution < 1.29 is 54.8 Å². The van der Waals surface area contributed by atoms with Gasteiger partial charge in [-0.05, 0) is 12.8 Å². The summed E-state index contributed by atoms with van der Waals surface area (Å²) in [7, 11) is -3.51. The third-order valence-corrected chi connectivity index (χ3v) is 3.51. The van der Waals surface area contributed by atoms with Crippen molar-refractivity contribution in [1.82, 2.24) is 0 Å². The van der Waals surface area contributed by atoms with Crippen LogP contribution in [0.4, 0.5) is 0 Å². The summed E-state index contributed by atoms with van der Waals surface area (Å²) in [5.74, 6) is 0. The summed E-state index contributed by atoms with van der Waals surface area (Å²) < 4.78 is 16.2. The van der Waals surface area contributed by atoms with Crippen LogP contribution in [0.15, 0.2) is 0 Å². The van der Waals surface area contributed by atoms with Crippen molar-refractivity contribution in [1.29, 1.82) is 0 Å². The molecule has 15 heavy (non-hydrogen) atoms. The van der Waals surface area contributed by atoms with Crippen molar-refractivity contribution in [2.24, 2.45) is 0 Å². The average Bonchev–Trinajstić information content (AvgIpc) is 2.13. The fraction of sp³-hybridized carbons (Fsp3) is 1.00. The van der Waals surface area contributed by atoms with Crippen LogP contribution in [0.3, 0.4) is 0 Å². The van der Waals surface area contributed by atoms with Crippen molar-refractivity contribution in [2.45, 2.75) is 52.4 Å². The Balaban J connectivity index is 0. The minimum absolute atomic E-state index is 0. The molecule has 0 rings (SSSR count). The van der Waals surface area contributed by atoms with Crippen molar-refractivity contribution in [3.05, 3.63) is 0 Å². The first-order valence-electron chi connectivity index (χ1n) is 5.57. The normalized spacial score (nSPS) is 14.3. The second-order valence-corrected chi connectivity index (χ2v) is 5.51. The van der Waals surface area contributed by atoms with Gasteiger partial charge >= 0.3 is 40.8 Å². The van der Waals surface area contributed by atoms with Gasteiger partial charge in [0.2, 0.25) is 0 Å². The van der Waals surface area contributed by atoms with E-state index in [-0.39, 0.29) is 47.0 Å². The third-order valence-electron chi connectivity index (χ3n) is 2.07. The molecule has 1 unspecified atom stereocenters. The van der Waals surface area contributed by atoms with Crippen molar-refractivity contribution in [2.75, 3.05) is 12.8 Å². The molecule has 1 radical (unpaired) electrons. The summed E-state index contributed by atoms with van der Waals surface area (Å²) in [6, 6.07) is 0. The van der Waals surface area contributed by atoms with E-state index >= 15 is 0 Å². The monoisotopic (exact) mass is 363 g/mol. The van der Waals surface area contributed by atoms with E-state index < -0.39 is 7.60 Å². The van der Waals surface area contributed by atoms with Gasteiger partial charge in [-0.25, -0.2) is 0 Å². The number of rotatable bonds is 9. The van der Waals surface area contributed by atoms with Gasteiger partial charge in [0, 0.05) is 6.16 Å². The maximum Gasteiger partial charge on any atom is 3.00 e. The first kappa shape index (κ1) is 18.9. The molecule has 0 heterocycles. The molecule has 0 aliphatic carbocycles. The zero-order valence-electron chi connectivity index (χ0n) is 9.83. The van der Waals surface area contributed by atoms with Gasteiger partial charge in [0.1, 0.15) is 7.60 Å². The van der Waals surface area contributed by atoms with E-state index in [2.05, 4.69) is 13.8 Å². The molecule has 0 aliphatic rings. The van der Waals surface area contributed by atoms with Crippen LogP contribution in [0.1, 0.15) is 52.4 Å². The zero-order chi connectivity index (χ0) is 10.9. The largest absolute Gasteiger partial charge is 3.00 e. The predicted octanol–water partition coefficient (Wildman–Crippen LogP) is 2.94. The summed E-state index contributed by atoms with van der Waals surface area (Å²) in [4.78, 5) is 11.3. The second-order valence-electron chi connectivity index (χ2n) is 3.58. The first-order valence-corrected chi connectivity index (χ1v) is 7.29. The SMILES string of the molecule is CCCCCOP(=O)([O-])CCCCC.[Nd+3]. The maximum absolute atomic E-state index is 11.3. The molecule has 3 nitrogen and oxygen atoms in total. The van der Waals surface area contributed by atoms with Crippen molar-refractivity contribution in [3.63, 3.8) is 0 Å². The molecular formula is C10H22NdO3P+2. The van der Waals surface area contributed by atoms with Crippen LogP contribution in [-0.2, 0) is 9.09 Å². The van der Waals surface area contributed by atoms with E-state index in [9.17, 15) is 9.46 Å². The molecule has 0 N–H and O–H groups in total. The van der Waals surface area contributed by atoms with E-state index in [1.807, 2.05) is 0 Å². The molecule has 0 spiro atoms. The van der Waals surface area contributed by atoms with Crippen molar-refractivity contribution in [3.8, 4) is 0 Å². The van der Waals surface area contributed by atoms with Gasteiger partial charge < -0.3 is 14.0 Å². The molecule has 0 saturated heterocycles. The van der Waals surface area contributed by atoms with Crippen LogP contribution in [0, 0.1) is 40.8 Å². The topological polar surface area (TPSA) is 49.4 Å². The van der Waals surface area contributed by atoms with E-state index in [1.165, 1.54) is 0 Å². The Hall–Kier alpha value is 1.50. The second kappa shape index (κ2) is 12.0. The molecule has 1 atom stereocenters. The molecule has 5 heteroatoms. The fourth-order valence-corrected chi connectivity index (χ4v) is 2.32. The Labute approximate surface area is 126 Å². The van der Waals surface area contributed by atoms with Gasteiger partial charge in [0.25, 0.3) is 0 Å². The Bertz CT molecular complexity index is 176. The van der Waals surface area contributed by atoms with Gasteiger partial charge in [-0.2, -0.15) is 0 Å². The quantitative estimate of drug-likeness (QED) is 0.466. The summed E-state index contributed by atoms with van der Waals surface area (Å²) >= 11 is 0. The van der Waals surface area contributed by atoms with E-state index in [0.717, 1.165) is 38.5 Å². The van der Waals surface area contributed by atoms with Gasteiger partial charge in [0.05, 0.1) is 6.61 Å². The maximum atomic E-state index is 11.3. The zero-order valence-corrected chi connectivity index (χ0v) is 13.9. The summed E-state index contributed by atoms with van der Waals surface area (Å²) in [5.41, 5.74) is 0. The predicted molar refractivity (Wildman–Crippen MR) is 57.5 cm³/mol. The van der Waals surface area contributed by atoms with E-state index in [4.69, 9.17) is 4.52 Å². The summed E-state index contributed by atoms with van der Waals surface area (Å²) in [6.07, 6.45) is 5.90. The van der Waals surface area contributed by atoms with E-state index in [1.54, 1.807) is 0 Å². The Morgan fingerprint density at radius 1 is 1.07 bits per heavy atom. The van der Waals surface area contributed by atoms with Crippen LogP contribution < -0.4 is 4.89 Å². The molecule has 0 aliphatic heterocycles. The van der Waals surface area contributed by atoms with Gasteiger partial charge in [0.15, 0.2) is 0 Å². The standard InChI is InChI=1S/C10H23O3P.Nd/c1-3-5-7-9-13-14(11,12)10-8-6-4-2;/h3-10H2,1-2H3,(H,11,12);/q;+3/p-1. The Morgan fingerprint density at radius 2 is 1.60 bits per heavy atom. The molecule has 0 amide bonds. The summed E-state index contributed by atoms with van der Waals surface area (Å²) in [5, 5.41) is 0. The van der Waals surface area contributed by atoms with Crippen LogP contribution >= 0.6 is 7.60 Å². The molecule has 0 bridgehead atoms. The first-order chi connectivity index (χ1) is 6.62. The minimum Gasteiger partial charge on any atom is -0.778 e. The molecule has 0 fully saturated rings. The molecule has 87 valence electrons. The molecule has 0 aromatic rings. The number of hydrogen-bond acceptors (Lipinski definition) is 3. The molecular weight excluding hydrogens is 343 g/mol. The third kappa shape index (κ3) is 13.4.